The summed E-state index contributed by atoms with van der Waals surface area (Å²) in [7, 11) is 0.964. The van der Waals surface area contributed by atoms with Crippen molar-refractivity contribution in [3.05, 3.63) is 0 Å². The van der Waals surface area contributed by atoms with Gasteiger partial charge in [0.2, 0.25) is 0 Å². The lowest BCUT2D eigenvalue weighted by Crippen LogP contribution is -2.54. The number of rotatable bonds is 2. The summed E-state index contributed by atoms with van der Waals surface area (Å²) in [5.74, 6) is -8.91. The fraction of sp³-hybridized carbons (Fsp3) is 0.778. The van der Waals surface area contributed by atoms with Crippen molar-refractivity contribution in [2.24, 2.45) is 0 Å². The number of ether oxygens (including phenoxy) is 1. The first kappa shape index (κ1) is 14.7. The van der Waals surface area contributed by atoms with Crippen LogP contribution in [0.25, 0.3) is 0 Å². The zero-order valence-corrected chi connectivity index (χ0v) is 9.26. The van der Waals surface area contributed by atoms with E-state index in [1.807, 2.05) is 0 Å². The van der Waals surface area contributed by atoms with Crippen LogP contribution in [-0.4, -0.2) is 48.6 Å². The summed E-state index contributed by atoms with van der Waals surface area (Å²) in [6, 6.07) is -1.38. The van der Waals surface area contributed by atoms with Gasteiger partial charge in [0, 0.05) is 6.54 Å². The van der Waals surface area contributed by atoms with Gasteiger partial charge in [0.1, 0.15) is 6.04 Å². The van der Waals surface area contributed by atoms with Crippen molar-refractivity contribution in [1.82, 2.24) is 4.90 Å². The number of carbonyl (C=O) groups is 2. The SMILES string of the molecule is COC(=O)C1CCCN1C(=O)C(F)(F)C(F)(F)F. The Balaban J connectivity index is 2.93. The van der Waals surface area contributed by atoms with Gasteiger partial charge in [-0.3, -0.25) is 4.79 Å². The van der Waals surface area contributed by atoms with E-state index >= 15 is 0 Å². The fourth-order valence-corrected chi connectivity index (χ4v) is 1.69. The van der Waals surface area contributed by atoms with Gasteiger partial charge in [-0.25, -0.2) is 4.79 Å². The van der Waals surface area contributed by atoms with Crippen molar-refractivity contribution < 1.29 is 36.3 Å². The van der Waals surface area contributed by atoms with E-state index in [0.717, 1.165) is 7.11 Å². The summed E-state index contributed by atoms with van der Waals surface area (Å²) in [5.41, 5.74) is 0. The number of hydrogen-bond donors (Lipinski definition) is 0. The normalized spacial score (nSPS) is 21.0. The highest BCUT2D eigenvalue weighted by molar-refractivity contribution is 5.89. The molecule has 1 unspecified atom stereocenters. The number of likely N-dealkylation sites (tertiary alicyclic amines) is 1. The van der Waals surface area contributed by atoms with Gasteiger partial charge in [-0.05, 0) is 12.8 Å². The molecule has 1 fully saturated rings. The van der Waals surface area contributed by atoms with Crippen molar-refractivity contribution in [3.63, 3.8) is 0 Å². The van der Waals surface area contributed by atoms with E-state index in [4.69, 9.17) is 0 Å². The third kappa shape index (κ3) is 2.39. The number of amides is 1. The number of esters is 1. The second kappa shape index (κ2) is 4.69. The lowest BCUT2D eigenvalue weighted by Gasteiger charge is -2.27. The molecule has 0 aromatic rings. The molecule has 0 spiro atoms. The summed E-state index contributed by atoms with van der Waals surface area (Å²) in [4.78, 5) is 22.6. The van der Waals surface area contributed by atoms with Gasteiger partial charge in [-0.1, -0.05) is 0 Å². The van der Waals surface area contributed by atoms with Gasteiger partial charge >= 0.3 is 24.0 Å². The van der Waals surface area contributed by atoms with E-state index in [0.29, 0.717) is 0 Å². The fourth-order valence-electron chi connectivity index (χ4n) is 1.69. The van der Waals surface area contributed by atoms with Gasteiger partial charge in [0.05, 0.1) is 7.11 Å². The molecule has 0 aliphatic carbocycles. The molecule has 104 valence electrons. The van der Waals surface area contributed by atoms with Crippen molar-refractivity contribution in [2.45, 2.75) is 31.0 Å². The summed E-state index contributed by atoms with van der Waals surface area (Å²) >= 11 is 0. The lowest BCUT2D eigenvalue weighted by molar-refractivity contribution is -0.274. The van der Waals surface area contributed by atoms with Crippen molar-refractivity contribution in [2.75, 3.05) is 13.7 Å². The Morgan fingerprint density at radius 3 is 2.22 bits per heavy atom. The molecule has 0 N–H and O–H groups in total. The second-order valence-electron chi connectivity index (χ2n) is 3.75. The average molecular weight is 275 g/mol. The highest BCUT2D eigenvalue weighted by atomic mass is 19.4. The minimum absolute atomic E-state index is 0.00630. The summed E-state index contributed by atoms with van der Waals surface area (Å²) in [6.07, 6.45) is -5.81. The molecule has 1 amide bonds. The lowest BCUT2D eigenvalue weighted by atomic mass is 10.2. The van der Waals surface area contributed by atoms with E-state index in [-0.39, 0.29) is 24.3 Å². The number of carbonyl (C=O) groups excluding carboxylic acids is 2. The second-order valence-corrected chi connectivity index (χ2v) is 3.75. The van der Waals surface area contributed by atoms with Crippen LogP contribution in [0, 0.1) is 0 Å². The van der Waals surface area contributed by atoms with E-state index in [1.165, 1.54) is 0 Å². The van der Waals surface area contributed by atoms with Crippen LogP contribution in [0.1, 0.15) is 12.8 Å². The third-order valence-corrected chi connectivity index (χ3v) is 2.61. The smallest absolute Gasteiger partial charge is 0.463 e. The van der Waals surface area contributed by atoms with Crippen molar-refractivity contribution in [1.29, 1.82) is 0 Å². The average Bonchev–Trinajstić information content (AvgIpc) is 2.73. The Morgan fingerprint density at radius 2 is 1.78 bits per heavy atom. The highest BCUT2D eigenvalue weighted by Crippen LogP contribution is 2.38. The largest absolute Gasteiger partial charge is 0.467 e. The summed E-state index contributed by atoms with van der Waals surface area (Å²) in [6.45, 7) is -0.329. The zero-order chi connectivity index (χ0) is 14.1. The molecule has 9 heteroatoms. The van der Waals surface area contributed by atoms with Gasteiger partial charge in [-0.15, -0.1) is 0 Å². The maximum atomic E-state index is 12.8. The minimum Gasteiger partial charge on any atom is -0.467 e. The van der Waals surface area contributed by atoms with Crippen LogP contribution in [0.15, 0.2) is 0 Å². The highest BCUT2D eigenvalue weighted by Gasteiger charge is 2.65. The quantitative estimate of drug-likeness (QED) is 0.564. The summed E-state index contributed by atoms with van der Waals surface area (Å²) < 4.78 is 66.1. The maximum Gasteiger partial charge on any atom is 0.463 e. The van der Waals surface area contributed by atoms with Crippen LogP contribution >= 0.6 is 0 Å². The Labute approximate surface area is 98.7 Å². The molecule has 1 aliphatic heterocycles. The van der Waals surface area contributed by atoms with Crippen molar-refractivity contribution >= 4 is 11.9 Å². The number of halogens is 5. The molecule has 0 saturated carbocycles. The minimum atomic E-state index is -5.98. The van der Waals surface area contributed by atoms with Gasteiger partial charge in [0.25, 0.3) is 0 Å². The Hall–Kier alpha value is -1.41. The zero-order valence-electron chi connectivity index (χ0n) is 9.26. The molecule has 0 aromatic carbocycles. The molecule has 1 saturated heterocycles. The van der Waals surface area contributed by atoms with Crippen LogP contribution in [0.5, 0.6) is 0 Å². The number of hydrogen-bond acceptors (Lipinski definition) is 3. The first-order chi connectivity index (χ1) is 8.13. The first-order valence-corrected chi connectivity index (χ1v) is 4.96. The van der Waals surface area contributed by atoms with Crippen molar-refractivity contribution in [3.8, 4) is 0 Å². The van der Waals surface area contributed by atoms with E-state index < -0.39 is 30.0 Å². The molecule has 0 radical (unpaired) electrons. The standard InChI is InChI=1S/C9H10F5NO3/c1-18-6(16)5-3-2-4-15(5)7(17)8(10,11)9(12,13)14/h5H,2-4H2,1H3. The Bertz CT molecular complexity index is 355. The van der Waals surface area contributed by atoms with Crippen LogP contribution in [0.3, 0.4) is 0 Å². The van der Waals surface area contributed by atoms with Gasteiger partial charge in [0.15, 0.2) is 0 Å². The number of alkyl halides is 5. The van der Waals surface area contributed by atoms with E-state index in [1.54, 1.807) is 0 Å². The number of methoxy groups -OCH3 is 1. The van der Waals surface area contributed by atoms with E-state index in [9.17, 15) is 31.5 Å². The molecule has 1 atom stereocenters. The molecule has 4 nitrogen and oxygen atoms in total. The Kier molecular flexibility index (Phi) is 3.82. The molecule has 0 bridgehead atoms. The third-order valence-electron chi connectivity index (χ3n) is 2.61. The van der Waals surface area contributed by atoms with Crippen LogP contribution in [0.4, 0.5) is 22.0 Å². The molecule has 18 heavy (non-hydrogen) atoms. The molecule has 1 heterocycles. The maximum absolute atomic E-state index is 12.8. The predicted molar refractivity (Wildman–Crippen MR) is 47.8 cm³/mol. The van der Waals surface area contributed by atoms with E-state index in [2.05, 4.69) is 4.74 Å². The Morgan fingerprint density at radius 1 is 1.22 bits per heavy atom. The summed E-state index contributed by atoms with van der Waals surface area (Å²) in [5, 5.41) is 0. The topological polar surface area (TPSA) is 46.6 Å². The van der Waals surface area contributed by atoms with Crippen LogP contribution in [0.2, 0.25) is 0 Å². The van der Waals surface area contributed by atoms with Crippen LogP contribution in [-0.2, 0) is 14.3 Å². The predicted octanol–water partition coefficient (Wildman–Crippen LogP) is 1.35. The number of nitrogens with zero attached hydrogens (tertiary/aromatic N) is 1. The molecular formula is C9H10F5NO3. The monoisotopic (exact) mass is 275 g/mol. The molecular weight excluding hydrogens is 265 g/mol. The first-order valence-electron chi connectivity index (χ1n) is 4.96. The molecule has 1 aliphatic rings. The molecule has 0 aromatic heterocycles. The van der Waals surface area contributed by atoms with Gasteiger partial charge in [-0.2, -0.15) is 22.0 Å². The molecule has 1 rings (SSSR count). The van der Waals surface area contributed by atoms with Crippen LogP contribution < -0.4 is 0 Å². The van der Waals surface area contributed by atoms with Gasteiger partial charge < -0.3 is 9.64 Å².